The fourth-order valence-electron chi connectivity index (χ4n) is 0.864. The lowest BCUT2D eigenvalue weighted by molar-refractivity contribution is -0.132. The molecule has 0 aliphatic rings. The number of rotatable bonds is 5. The summed E-state index contributed by atoms with van der Waals surface area (Å²) in [6, 6.07) is -0.0883. The van der Waals surface area contributed by atoms with Crippen molar-refractivity contribution >= 4 is 5.91 Å². The average molecular weight is 188 g/mol. The van der Waals surface area contributed by atoms with E-state index in [9.17, 15) is 4.79 Å². The van der Waals surface area contributed by atoms with Crippen molar-refractivity contribution in [2.45, 2.75) is 19.4 Å². The molecule has 0 aliphatic carbocycles. The van der Waals surface area contributed by atoms with Gasteiger partial charge >= 0.3 is 0 Å². The first-order valence-electron chi connectivity index (χ1n) is 4.50. The average Bonchev–Trinajstić information content (AvgIpc) is 2.11. The van der Waals surface area contributed by atoms with Crippen LogP contribution in [0.15, 0.2) is 0 Å². The molecule has 0 spiro atoms. The number of amides is 1. The van der Waals surface area contributed by atoms with Crippen LogP contribution in [-0.4, -0.2) is 61.2 Å². The van der Waals surface area contributed by atoms with E-state index in [1.807, 2.05) is 25.9 Å². The molecule has 4 nitrogen and oxygen atoms in total. The molecule has 0 aromatic rings. The van der Waals surface area contributed by atoms with Crippen molar-refractivity contribution in [1.82, 2.24) is 9.80 Å². The van der Waals surface area contributed by atoms with Crippen LogP contribution >= 0.6 is 0 Å². The molecule has 0 heterocycles. The number of likely N-dealkylation sites (N-methyl/N-ethyl adjacent to an activating group) is 1. The van der Waals surface area contributed by atoms with Crippen LogP contribution < -0.4 is 0 Å². The summed E-state index contributed by atoms with van der Waals surface area (Å²) in [7, 11) is 5.59. The zero-order valence-corrected chi connectivity index (χ0v) is 8.95. The van der Waals surface area contributed by atoms with Crippen molar-refractivity contribution in [2.75, 3.05) is 34.3 Å². The summed E-state index contributed by atoms with van der Waals surface area (Å²) in [4.78, 5) is 15.0. The van der Waals surface area contributed by atoms with Gasteiger partial charge in [0.15, 0.2) is 0 Å². The first-order chi connectivity index (χ1) is 5.99. The van der Waals surface area contributed by atoms with Crippen LogP contribution in [0.2, 0.25) is 0 Å². The van der Waals surface area contributed by atoms with Gasteiger partial charge in [-0.25, -0.2) is 0 Å². The van der Waals surface area contributed by atoms with Gasteiger partial charge in [-0.15, -0.1) is 0 Å². The topological polar surface area (TPSA) is 43.8 Å². The molecule has 0 aromatic carbocycles. The van der Waals surface area contributed by atoms with E-state index in [2.05, 4.69) is 0 Å². The van der Waals surface area contributed by atoms with Gasteiger partial charge in [0.25, 0.3) is 0 Å². The van der Waals surface area contributed by atoms with E-state index in [-0.39, 0.29) is 18.6 Å². The second-order valence-electron chi connectivity index (χ2n) is 3.59. The summed E-state index contributed by atoms with van der Waals surface area (Å²) in [5.41, 5.74) is 0. The van der Waals surface area contributed by atoms with Crippen molar-refractivity contribution < 1.29 is 9.90 Å². The third-order valence-corrected chi connectivity index (χ3v) is 2.09. The third kappa shape index (κ3) is 4.85. The maximum absolute atomic E-state index is 11.4. The van der Waals surface area contributed by atoms with Gasteiger partial charge in [0.1, 0.15) is 0 Å². The van der Waals surface area contributed by atoms with Gasteiger partial charge in [0, 0.05) is 20.0 Å². The Morgan fingerprint density at radius 2 is 1.92 bits per heavy atom. The maximum atomic E-state index is 11.4. The fraction of sp³-hybridized carbons (Fsp3) is 0.889. The van der Waals surface area contributed by atoms with E-state index in [1.54, 1.807) is 11.9 Å². The molecule has 0 aliphatic heterocycles. The molecule has 0 radical (unpaired) electrons. The molecule has 13 heavy (non-hydrogen) atoms. The highest BCUT2D eigenvalue weighted by Crippen LogP contribution is 1.98. The number of carbonyl (C=O) groups excluding carboxylic acids is 1. The number of carbonyl (C=O) groups is 1. The van der Waals surface area contributed by atoms with Crippen LogP contribution in [0.25, 0.3) is 0 Å². The zero-order valence-electron chi connectivity index (χ0n) is 8.95. The molecule has 0 aromatic heterocycles. The van der Waals surface area contributed by atoms with E-state index < -0.39 is 0 Å². The summed E-state index contributed by atoms with van der Waals surface area (Å²) in [6.45, 7) is 2.60. The van der Waals surface area contributed by atoms with Crippen molar-refractivity contribution in [3.8, 4) is 0 Å². The Bertz CT molecular complexity index is 160. The Morgan fingerprint density at radius 1 is 1.38 bits per heavy atom. The minimum absolute atomic E-state index is 0.0181. The van der Waals surface area contributed by atoms with E-state index in [1.165, 1.54) is 0 Å². The zero-order chi connectivity index (χ0) is 10.4. The van der Waals surface area contributed by atoms with Gasteiger partial charge in [-0.2, -0.15) is 0 Å². The van der Waals surface area contributed by atoms with Crippen molar-refractivity contribution in [1.29, 1.82) is 0 Å². The summed E-state index contributed by atoms with van der Waals surface area (Å²) in [6.07, 6.45) is 0.508. The van der Waals surface area contributed by atoms with Crippen LogP contribution in [0.1, 0.15) is 13.3 Å². The Balaban J connectivity index is 3.82. The third-order valence-electron chi connectivity index (χ3n) is 2.09. The second-order valence-corrected chi connectivity index (χ2v) is 3.59. The van der Waals surface area contributed by atoms with E-state index in [0.717, 1.165) is 6.54 Å². The molecule has 0 bridgehead atoms. The maximum Gasteiger partial charge on any atom is 0.223 e. The molecule has 1 unspecified atom stereocenters. The van der Waals surface area contributed by atoms with E-state index in [4.69, 9.17) is 5.11 Å². The number of aliphatic hydroxyl groups is 1. The molecular weight excluding hydrogens is 168 g/mol. The summed E-state index contributed by atoms with van der Waals surface area (Å²) in [5.74, 6) is 0.0789. The van der Waals surface area contributed by atoms with Gasteiger partial charge in [0.2, 0.25) is 5.91 Å². The van der Waals surface area contributed by atoms with Crippen LogP contribution in [0.3, 0.4) is 0 Å². The van der Waals surface area contributed by atoms with E-state index >= 15 is 0 Å². The molecule has 1 amide bonds. The van der Waals surface area contributed by atoms with Crippen LogP contribution in [0.5, 0.6) is 0 Å². The molecule has 0 fully saturated rings. The Hall–Kier alpha value is -0.610. The minimum Gasteiger partial charge on any atom is -0.394 e. The highest BCUT2D eigenvalue weighted by atomic mass is 16.3. The predicted octanol–water partition coefficient (Wildman–Crippen LogP) is -0.223. The van der Waals surface area contributed by atoms with Crippen molar-refractivity contribution in [2.24, 2.45) is 0 Å². The van der Waals surface area contributed by atoms with Crippen molar-refractivity contribution in [3.05, 3.63) is 0 Å². The first kappa shape index (κ1) is 12.4. The standard InChI is InChI=1S/C9H20N2O2/c1-8(7-12)11(4)9(13)5-6-10(2)3/h8,12H,5-7H2,1-4H3. The van der Waals surface area contributed by atoms with Crippen LogP contribution in [0, 0.1) is 0 Å². The van der Waals surface area contributed by atoms with Gasteiger partial charge < -0.3 is 14.9 Å². The lowest BCUT2D eigenvalue weighted by Gasteiger charge is -2.23. The molecule has 4 heteroatoms. The van der Waals surface area contributed by atoms with Gasteiger partial charge in [-0.05, 0) is 21.0 Å². The van der Waals surface area contributed by atoms with Gasteiger partial charge in [-0.1, -0.05) is 0 Å². The normalized spacial score (nSPS) is 13.1. The highest BCUT2D eigenvalue weighted by Gasteiger charge is 2.14. The highest BCUT2D eigenvalue weighted by molar-refractivity contribution is 5.76. The number of hydrogen-bond acceptors (Lipinski definition) is 3. The number of nitrogens with zero attached hydrogens (tertiary/aromatic N) is 2. The molecule has 0 saturated heterocycles. The van der Waals surface area contributed by atoms with E-state index in [0.29, 0.717) is 6.42 Å². The predicted molar refractivity (Wildman–Crippen MR) is 52.5 cm³/mol. The second kappa shape index (κ2) is 5.94. The Morgan fingerprint density at radius 3 is 2.31 bits per heavy atom. The monoisotopic (exact) mass is 188 g/mol. The summed E-state index contributed by atoms with van der Waals surface area (Å²) < 4.78 is 0. The van der Waals surface area contributed by atoms with Gasteiger partial charge in [0.05, 0.1) is 12.6 Å². The Kier molecular flexibility index (Phi) is 5.66. The largest absolute Gasteiger partial charge is 0.394 e. The smallest absolute Gasteiger partial charge is 0.223 e. The fourth-order valence-corrected chi connectivity index (χ4v) is 0.864. The van der Waals surface area contributed by atoms with Crippen LogP contribution in [0.4, 0.5) is 0 Å². The Labute approximate surface area is 80.1 Å². The molecule has 0 saturated carbocycles. The lowest BCUT2D eigenvalue weighted by atomic mass is 10.3. The molecule has 78 valence electrons. The first-order valence-corrected chi connectivity index (χ1v) is 4.50. The molecule has 1 N–H and O–H groups in total. The molecule has 1 atom stereocenters. The SMILES string of the molecule is CC(CO)N(C)C(=O)CCN(C)C. The molecular formula is C9H20N2O2. The quantitative estimate of drug-likeness (QED) is 0.648. The molecule has 0 rings (SSSR count). The van der Waals surface area contributed by atoms with Crippen molar-refractivity contribution in [3.63, 3.8) is 0 Å². The van der Waals surface area contributed by atoms with Crippen LogP contribution in [-0.2, 0) is 4.79 Å². The summed E-state index contributed by atoms with van der Waals surface area (Å²) >= 11 is 0. The number of hydrogen-bond donors (Lipinski definition) is 1. The summed E-state index contributed by atoms with van der Waals surface area (Å²) in [5, 5.41) is 8.83. The van der Waals surface area contributed by atoms with Gasteiger partial charge in [-0.3, -0.25) is 4.79 Å². The minimum atomic E-state index is -0.0883. The lowest BCUT2D eigenvalue weighted by Crippen LogP contribution is -2.38. The number of aliphatic hydroxyl groups excluding tert-OH is 1.